The van der Waals surface area contributed by atoms with Crippen molar-refractivity contribution in [3.05, 3.63) is 18.3 Å². The van der Waals surface area contributed by atoms with Gasteiger partial charge >= 0.3 is 5.97 Å². The minimum Gasteiger partial charge on any atom is -0.481 e. The van der Waals surface area contributed by atoms with E-state index < -0.39 is 26.9 Å². The molecule has 0 spiro atoms. The Morgan fingerprint density at radius 2 is 2.13 bits per heavy atom. The predicted molar refractivity (Wildman–Crippen MR) is 81.9 cm³/mol. The fourth-order valence-corrected chi connectivity index (χ4v) is 4.53. The molecule has 0 unspecified atom stereocenters. The highest BCUT2D eigenvalue weighted by molar-refractivity contribution is 7.91. The van der Waals surface area contributed by atoms with Gasteiger partial charge in [0, 0.05) is 12.7 Å². The maximum Gasteiger partial charge on any atom is 0.314 e. The first-order chi connectivity index (χ1) is 10.7. The van der Waals surface area contributed by atoms with E-state index in [0.29, 0.717) is 18.7 Å². The molecule has 6 nitrogen and oxygen atoms in total. The zero-order valence-electron chi connectivity index (χ0n) is 12.8. The molecule has 2 fully saturated rings. The van der Waals surface area contributed by atoms with Crippen molar-refractivity contribution >= 4 is 21.6 Å². The van der Waals surface area contributed by atoms with Crippen LogP contribution in [0.4, 0.5) is 10.2 Å². The van der Waals surface area contributed by atoms with Crippen LogP contribution < -0.4 is 4.90 Å². The normalized spacial score (nSPS) is 30.4. The number of pyridine rings is 1. The number of sulfone groups is 1. The highest BCUT2D eigenvalue weighted by Crippen LogP contribution is 2.54. The Balaban J connectivity index is 1.89. The minimum atomic E-state index is -3.34. The molecule has 1 saturated carbocycles. The van der Waals surface area contributed by atoms with Crippen molar-refractivity contribution in [1.29, 1.82) is 0 Å². The number of halogens is 1. The molecule has 23 heavy (non-hydrogen) atoms. The van der Waals surface area contributed by atoms with Gasteiger partial charge in [0.05, 0.1) is 17.2 Å². The molecule has 3 rings (SSSR count). The van der Waals surface area contributed by atoms with Crippen LogP contribution >= 0.6 is 0 Å². The van der Waals surface area contributed by atoms with Gasteiger partial charge < -0.3 is 10.0 Å². The second kappa shape index (κ2) is 5.15. The van der Waals surface area contributed by atoms with Gasteiger partial charge in [-0.3, -0.25) is 4.79 Å². The molecule has 2 aliphatic rings. The smallest absolute Gasteiger partial charge is 0.314 e. The summed E-state index contributed by atoms with van der Waals surface area (Å²) in [5.41, 5.74) is -3.14. The number of anilines is 1. The largest absolute Gasteiger partial charge is 0.481 e. The van der Waals surface area contributed by atoms with Gasteiger partial charge in [0.25, 0.3) is 0 Å². The summed E-state index contributed by atoms with van der Waals surface area (Å²) < 4.78 is 38.7. The third kappa shape index (κ3) is 2.31. The first kappa shape index (κ1) is 16.2. The van der Waals surface area contributed by atoms with Crippen LogP contribution in [-0.2, 0) is 14.6 Å². The fourth-order valence-electron chi connectivity index (χ4n) is 3.71. The van der Waals surface area contributed by atoms with Gasteiger partial charge in [-0.25, -0.2) is 17.8 Å². The van der Waals surface area contributed by atoms with Crippen molar-refractivity contribution in [2.75, 3.05) is 23.7 Å². The molecule has 2 atom stereocenters. The summed E-state index contributed by atoms with van der Waals surface area (Å²) in [6, 6.07) is 2.95. The van der Waals surface area contributed by atoms with Gasteiger partial charge in [0.2, 0.25) is 0 Å². The molecule has 0 radical (unpaired) electrons. The summed E-state index contributed by atoms with van der Waals surface area (Å²) in [6.45, 7) is 1.59. The number of alkyl halides is 1. The van der Waals surface area contributed by atoms with Crippen LogP contribution in [0, 0.1) is 5.41 Å². The zero-order chi connectivity index (χ0) is 16.9. The van der Waals surface area contributed by atoms with E-state index in [9.17, 15) is 18.3 Å². The third-order valence-electron chi connectivity index (χ3n) is 5.13. The molecule has 1 saturated heterocycles. The third-order valence-corrected chi connectivity index (χ3v) is 6.85. The van der Waals surface area contributed by atoms with E-state index in [4.69, 9.17) is 0 Å². The quantitative estimate of drug-likeness (QED) is 0.895. The van der Waals surface area contributed by atoms with Crippen LogP contribution in [0.3, 0.4) is 0 Å². The molecule has 1 N–H and O–H groups in total. The monoisotopic (exact) mass is 342 g/mol. The molecular formula is C15H19FN2O4S. The van der Waals surface area contributed by atoms with Crippen molar-refractivity contribution < 1.29 is 22.7 Å². The van der Waals surface area contributed by atoms with Crippen molar-refractivity contribution in [3.63, 3.8) is 0 Å². The Bertz CT molecular complexity index is 736. The van der Waals surface area contributed by atoms with Crippen molar-refractivity contribution in [2.24, 2.45) is 5.41 Å². The molecule has 2 heterocycles. The van der Waals surface area contributed by atoms with E-state index in [0.717, 1.165) is 0 Å². The standard InChI is InChI=1S/C15H19FN2O4S/c1-2-23(21,22)11-4-5-12(17-8-11)18-9-14(13(19)20)6-3-7-15(14,16)10-18/h4-5,8H,2-3,6-7,9-10H2,1H3,(H,19,20)/t14-,15-/m0/s1. The lowest BCUT2D eigenvalue weighted by Gasteiger charge is -2.27. The molecular weight excluding hydrogens is 323 g/mol. The lowest BCUT2D eigenvalue weighted by molar-refractivity contribution is -0.153. The fraction of sp³-hybridized carbons (Fsp3) is 0.600. The lowest BCUT2D eigenvalue weighted by Crippen LogP contribution is -2.45. The average molecular weight is 342 g/mol. The molecule has 0 amide bonds. The van der Waals surface area contributed by atoms with E-state index in [1.54, 1.807) is 11.8 Å². The second-order valence-corrected chi connectivity index (χ2v) is 8.60. The van der Waals surface area contributed by atoms with E-state index >= 15 is 4.39 Å². The summed E-state index contributed by atoms with van der Waals surface area (Å²) in [5.74, 6) is -0.717. The molecule has 1 aliphatic carbocycles. The molecule has 8 heteroatoms. The summed E-state index contributed by atoms with van der Waals surface area (Å²) in [5, 5.41) is 9.52. The van der Waals surface area contributed by atoms with Gasteiger partial charge in [-0.15, -0.1) is 0 Å². The van der Waals surface area contributed by atoms with Crippen LogP contribution in [0.15, 0.2) is 23.2 Å². The number of nitrogens with zero attached hydrogens (tertiary/aromatic N) is 2. The van der Waals surface area contributed by atoms with Crippen LogP contribution in [0.25, 0.3) is 0 Å². The summed E-state index contributed by atoms with van der Waals surface area (Å²) in [4.78, 5) is 17.5. The Kier molecular flexibility index (Phi) is 3.62. The lowest BCUT2D eigenvalue weighted by atomic mass is 9.78. The highest BCUT2D eigenvalue weighted by Gasteiger charge is 2.66. The molecule has 0 bridgehead atoms. The van der Waals surface area contributed by atoms with Gasteiger partial charge in [0.15, 0.2) is 9.84 Å². The second-order valence-electron chi connectivity index (χ2n) is 6.32. The van der Waals surface area contributed by atoms with Crippen LogP contribution in [0.1, 0.15) is 26.2 Å². The van der Waals surface area contributed by atoms with Crippen molar-refractivity contribution in [1.82, 2.24) is 4.98 Å². The molecule has 1 aromatic heterocycles. The van der Waals surface area contributed by atoms with Gasteiger partial charge in [-0.1, -0.05) is 6.92 Å². The van der Waals surface area contributed by atoms with E-state index in [-0.39, 0.29) is 30.2 Å². The average Bonchev–Trinajstić information content (AvgIpc) is 2.98. The number of carboxylic acids is 1. The topological polar surface area (TPSA) is 87.6 Å². The maximum absolute atomic E-state index is 15.1. The van der Waals surface area contributed by atoms with Gasteiger partial charge in [-0.2, -0.15) is 0 Å². The number of carbonyl (C=O) groups is 1. The molecule has 1 aliphatic heterocycles. The zero-order valence-corrected chi connectivity index (χ0v) is 13.6. The molecule has 0 aromatic carbocycles. The van der Waals surface area contributed by atoms with Crippen molar-refractivity contribution in [3.8, 4) is 0 Å². The number of hydrogen-bond donors (Lipinski definition) is 1. The van der Waals surface area contributed by atoms with Gasteiger partial charge in [0.1, 0.15) is 16.9 Å². The summed E-state index contributed by atoms with van der Waals surface area (Å²) in [7, 11) is -3.34. The summed E-state index contributed by atoms with van der Waals surface area (Å²) in [6.07, 6.45) is 2.37. The number of aliphatic carboxylic acids is 1. The van der Waals surface area contributed by atoms with Gasteiger partial charge in [-0.05, 0) is 31.4 Å². The number of hydrogen-bond acceptors (Lipinski definition) is 5. The molecule has 126 valence electrons. The maximum atomic E-state index is 15.1. The van der Waals surface area contributed by atoms with E-state index in [2.05, 4.69) is 4.98 Å². The SMILES string of the molecule is CCS(=O)(=O)c1ccc(N2C[C@@]3(F)CCC[C@@]3(C(=O)O)C2)nc1. The Hall–Kier alpha value is -1.70. The molecule has 1 aromatic rings. The first-order valence-electron chi connectivity index (χ1n) is 7.60. The van der Waals surface area contributed by atoms with Crippen LogP contribution in [0.2, 0.25) is 0 Å². The number of carboxylic acid groups (broad SMARTS) is 1. The van der Waals surface area contributed by atoms with Crippen LogP contribution in [-0.4, -0.2) is 49.0 Å². The van der Waals surface area contributed by atoms with E-state index in [1.165, 1.54) is 18.3 Å². The Morgan fingerprint density at radius 1 is 1.39 bits per heavy atom. The Labute approximate surface area is 134 Å². The summed E-state index contributed by atoms with van der Waals surface area (Å²) >= 11 is 0. The van der Waals surface area contributed by atoms with Crippen LogP contribution in [0.5, 0.6) is 0 Å². The van der Waals surface area contributed by atoms with E-state index in [1.807, 2.05) is 0 Å². The predicted octanol–water partition coefficient (Wildman–Crippen LogP) is 1.66. The number of rotatable bonds is 4. The number of fused-ring (bicyclic) bond motifs is 1. The minimum absolute atomic E-state index is 0.0204. The van der Waals surface area contributed by atoms with Crippen molar-refractivity contribution in [2.45, 2.75) is 36.8 Å². The highest BCUT2D eigenvalue weighted by atomic mass is 32.2. The first-order valence-corrected chi connectivity index (χ1v) is 9.25. The Morgan fingerprint density at radius 3 is 2.65 bits per heavy atom. The number of aromatic nitrogens is 1.